The molecule has 1 aliphatic heterocycles. The Balaban J connectivity index is 2.07. The van der Waals surface area contributed by atoms with Crippen LogP contribution < -0.4 is 10.4 Å². The van der Waals surface area contributed by atoms with Crippen LogP contribution in [0.25, 0.3) is 22.1 Å². The maximum atomic E-state index is 12.4. The van der Waals surface area contributed by atoms with Gasteiger partial charge in [-0.1, -0.05) is 44.2 Å². The molecule has 4 rings (SSSR count). The van der Waals surface area contributed by atoms with Crippen molar-refractivity contribution in [2.24, 2.45) is 5.92 Å². The quantitative estimate of drug-likeness (QED) is 0.365. The summed E-state index contributed by atoms with van der Waals surface area (Å²) in [7, 11) is 0. The summed E-state index contributed by atoms with van der Waals surface area (Å²) in [5.41, 5.74) is 3.71. The molecule has 138 valence electrons. The molecule has 4 nitrogen and oxygen atoms in total. The van der Waals surface area contributed by atoms with Gasteiger partial charge in [-0.2, -0.15) is 0 Å². The molecular weight excluding hydrogens is 340 g/mol. The molecule has 4 heteroatoms. The number of carbonyl (C=O) groups is 1. The van der Waals surface area contributed by atoms with Crippen LogP contribution in [0.3, 0.4) is 0 Å². The molecule has 1 aliphatic rings. The number of rotatable bonds is 3. The fourth-order valence-electron chi connectivity index (χ4n) is 4.12. The number of benzene rings is 2. The highest BCUT2D eigenvalue weighted by Crippen LogP contribution is 2.46. The zero-order valence-electron chi connectivity index (χ0n) is 15.7. The van der Waals surface area contributed by atoms with Crippen molar-refractivity contribution < 1.29 is 13.9 Å². The molecule has 0 spiro atoms. The van der Waals surface area contributed by atoms with E-state index in [9.17, 15) is 9.59 Å². The molecule has 2 heterocycles. The first-order valence-corrected chi connectivity index (χ1v) is 9.31. The number of fused-ring (bicyclic) bond motifs is 3. The number of hydrogen-bond acceptors (Lipinski definition) is 4. The molecule has 0 amide bonds. The van der Waals surface area contributed by atoms with Gasteiger partial charge in [0.15, 0.2) is 0 Å². The van der Waals surface area contributed by atoms with Gasteiger partial charge in [0.05, 0.1) is 11.8 Å². The Bertz CT molecular complexity index is 1080. The second-order valence-electron chi connectivity index (χ2n) is 7.66. The van der Waals surface area contributed by atoms with Gasteiger partial charge < -0.3 is 9.15 Å². The lowest BCUT2D eigenvalue weighted by molar-refractivity contribution is -0.135. The molecule has 0 fully saturated rings. The Morgan fingerprint density at radius 1 is 1.11 bits per heavy atom. The third-order valence-electron chi connectivity index (χ3n) is 5.11. The molecular formula is C23H22O4. The summed E-state index contributed by atoms with van der Waals surface area (Å²) in [6.45, 7) is 6.30. The van der Waals surface area contributed by atoms with E-state index < -0.39 is 5.63 Å². The Labute approximate surface area is 157 Å². The van der Waals surface area contributed by atoms with E-state index in [2.05, 4.69) is 13.8 Å². The van der Waals surface area contributed by atoms with Crippen molar-refractivity contribution in [1.82, 2.24) is 0 Å². The van der Waals surface area contributed by atoms with E-state index in [-0.39, 0.29) is 11.9 Å². The van der Waals surface area contributed by atoms with Crippen molar-refractivity contribution in [3.05, 3.63) is 64.0 Å². The van der Waals surface area contributed by atoms with Gasteiger partial charge in [0, 0.05) is 17.2 Å². The molecule has 1 aromatic heterocycles. The van der Waals surface area contributed by atoms with Crippen LogP contribution in [-0.4, -0.2) is 5.97 Å². The molecule has 3 aromatic rings. The lowest BCUT2D eigenvalue weighted by Gasteiger charge is -2.28. The zero-order valence-corrected chi connectivity index (χ0v) is 15.7. The molecule has 2 aromatic carbocycles. The van der Waals surface area contributed by atoms with Gasteiger partial charge in [-0.3, -0.25) is 4.79 Å². The number of carbonyl (C=O) groups excluding carboxylic acids is 1. The molecule has 0 bridgehead atoms. The summed E-state index contributed by atoms with van der Waals surface area (Å²) in [5, 5.41) is 0.697. The first-order valence-electron chi connectivity index (χ1n) is 9.31. The highest BCUT2D eigenvalue weighted by atomic mass is 16.5. The van der Waals surface area contributed by atoms with E-state index in [0.29, 0.717) is 29.1 Å². The van der Waals surface area contributed by atoms with Gasteiger partial charge in [0.1, 0.15) is 11.3 Å². The number of hydrogen-bond donors (Lipinski definition) is 0. The highest BCUT2D eigenvalue weighted by Gasteiger charge is 2.32. The van der Waals surface area contributed by atoms with E-state index >= 15 is 0 Å². The largest absolute Gasteiger partial charge is 0.425 e. The van der Waals surface area contributed by atoms with Crippen LogP contribution in [0.4, 0.5) is 0 Å². The van der Waals surface area contributed by atoms with Crippen molar-refractivity contribution in [2.75, 3.05) is 0 Å². The zero-order chi connectivity index (χ0) is 19.1. The predicted molar refractivity (Wildman–Crippen MR) is 105 cm³/mol. The van der Waals surface area contributed by atoms with Gasteiger partial charge in [-0.05, 0) is 42.4 Å². The minimum absolute atomic E-state index is 0.112. The molecule has 0 N–H and O–H groups in total. The van der Waals surface area contributed by atoms with E-state index in [1.54, 1.807) is 0 Å². The monoisotopic (exact) mass is 362 g/mol. The van der Waals surface area contributed by atoms with Crippen LogP contribution in [0.15, 0.2) is 51.7 Å². The highest BCUT2D eigenvalue weighted by molar-refractivity contribution is 6.01. The fourth-order valence-corrected chi connectivity index (χ4v) is 4.12. The Morgan fingerprint density at radius 2 is 1.85 bits per heavy atom. The second kappa shape index (κ2) is 6.69. The van der Waals surface area contributed by atoms with Gasteiger partial charge in [-0.25, -0.2) is 4.79 Å². The van der Waals surface area contributed by atoms with Crippen LogP contribution in [0.2, 0.25) is 0 Å². The Hall–Kier alpha value is -2.88. The molecule has 0 saturated heterocycles. The first kappa shape index (κ1) is 17.5. The standard InChI is InChI=1S/C23H22O4/c1-13(2)9-16-11-19(24)27-23-21(16)14(3)10-18-22(23)17(12-20(25)26-18)15-7-5-4-6-8-15/h4-8,10,12-13,16H,9,11H2,1-3H3/t16-/m1/s1. The summed E-state index contributed by atoms with van der Waals surface area (Å²) < 4.78 is 11.2. The van der Waals surface area contributed by atoms with Crippen LogP contribution in [-0.2, 0) is 4.79 Å². The molecule has 0 saturated carbocycles. The smallest absolute Gasteiger partial charge is 0.336 e. The third-order valence-corrected chi connectivity index (χ3v) is 5.11. The van der Waals surface area contributed by atoms with Crippen molar-refractivity contribution in [3.63, 3.8) is 0 Å². The molecule has 0 unspecified atom stereocenters. The molecule has 0 radical (unpaired) electrons. The van der Waals surface area contributed by atoms with Crippen LogP contribution in [0.5, 0.6) is 5.75 Å². The number of esters is 1. The maximum absolute atomic E-state index is 12.4. The summed E-state index contributed by atoms with van der Waals surface area (Å²) >= 11 is 0. The topological polar surface area (TPSA) is 56.5 Å². The third kappa shape index (κ3) is 3.16. The average molecular weight is 362 g/mol. The lowest BCUT2D eigenvalue weighted by Crippen LogP contribution is -2.22. The minimum atomic E-state index is -0.415. The van der Waals surface area contributed by atoms with Crippen molar-refractivity contribution >= 4 is 16.9 Å². The minimum Gasteiger partial charge on any atom is -0.425 e. The lowest BCUT2D eigenvalue weighted by atomic mass is 9.82. The van der Waals surface area contributed by atoms with Crippen molar-refractivity contribution in [1.29, 1.82) is 0 Å². The number of aryl methyl sites for hydroxylation is 1. The first-order chi connectivity index (χ1) is 12.9. The molecule has 0 aliphatic carbocycles. The van der Waals surface area contributed by atoms with Crippen molar-refractivity contribution in [2.45, 2.75) is 39.5 Å². The van der Waals surface area contributed by atoms with Crippen LogP contribution in [0, 0.1) is 12.8 Å². The predicted octanol–water partition coefficient (Wildman–Crippen LogP) is 5.21. The average Bonchev–Trinajstić information content (AvgIpc) is 2.60. The second-order valence-corrected chi connectivity index (χ2v) is 7.66. The van der Waals surface area contributed by atoms with E-state index in [0.717, 1.165) is 28.7 Å². The van der Waals surface area contributed by atoms with Crippen LogP contribution >= 0.6 is 0 Å². The summed E-state index contributed by atoms with van der Waals surface area (Å²) in [6, 6.07) is 13.0. The van der Waals surface area contributed by atoms with Crippen molar-refractivity contribution in [3.8, 4) is 16.9 Å². The summed E-state index contributed by atoms with van der Waals surface area (Å²) in [4.78, 5) is 24.5. The molecule has 27 heavy (non-hydrogen) atoms. The van der Waals surface area contributed by atoms with E-state index in [1.165, 1.54) is 6.07 Å². The van der Waals surface area contributed by atoms with Gasteiger partial charge >= 0.3 is 11.6 Å². The normalized spacial score (nSPS) is 16.4. The van der Waals surface area contributed by atoms with E-state index in [1.807, 2.05) is 43.3 Å². The summed E-state index contributed by atoms with van der Waals surface area (Å²) in [6.07, 6.45) is 1.29. The fraction of sp³-hybridized carbons (Fsp3) is 0.304. The molecule has 1 atom stereocenters. The van der Waals surface area contributed by atoms with Gasteiger partial charge in [0.2, 0.25) is 0 Å². The van der Waals surface area contributed by atoms with Gasteiger partial charge in [-0.15, -0.1) is 0 Å². The maximum Gasteiger partial charge on any atom is 0.336 e. The van der Waals surface area contributed by atoms with Crippen LogP contribution in [0.1, 0.15) is 43.7 Å². The SMILES string of the molecule is Cc1cc2oc(=O)cc(-c3ccccc3)c2c2c1[C@H](CC(C)C)CC(=O)O2. The Morgan fingerprint density at radius 3 is 2.56 bits per heavy atom. The Kier molecular flexibility index (Phi) is 4.34. The number of ether oxygens (including phenoxy) is 1. The summed E-state index contributed by atoms with van der Waals surface area (Å²) in [5.74, 6) is 0.895. The van der Waals surface area contributed by atoms with E-state index in [4.69, 9.17) is 9.15 Å². The van der Waals surface area contributed by atoms with Gasteiger partial charge in [0.25, 0.3) is 0 Å².